The zero-order valence-corrected chi connectivity index (χ0v) is 11.0. The van der Waals surface area contributed by atoms with E-state index in [2.05, 4.69) is 4.52 Å². The summed E-state index contributed by atoms with van der Waals surface area (Å²) in [5, 5.41) is 8.80. The van der Waals surface area contributed by atoms with Gasteiger partial charge in [-0.1, -0.05) is 0 Å². The fourth-order valence-corrected chi connectivity index (χ4v) is 1.62. The highest BCUT2D eigenvalue weighted by molar-refractivity contribution is 7.46. The Balaban J connectivity index is 4.21. The van der Waals surface area contributed by atoms with Crippen LogP contribution in [0, 0.1) is 5.92 Å². The molecule has 0 saturated carbocycles. The Kier molecular flexibility index (Phi) is 7.08. The molecule has 2 atom stereocenters. The van der Waals surface area contributed by atoms with Crippen molar-refractivity contribution in [3.8, 4) is 0 Å². The van der Waals surface area contributed by atoms with Crippen LogP contribution in [0.25, 0.3) is 0 Å². The zero-order chi connectivity index (χ0) is 14.3. The molecular formula is C9H17O8P. The molecule has 0 aromatic heterocycles. The molecular weight excluding hydrogens is 267 g/mol. The summed E-state index contributed by atoms with van der Waals surface area (Å²) >= 11 is 0. The van der Waals surface area contributed by atoms with Crippen LogP contribution in [0.3, 0.4) is 0 Å². The fourth-order valence-electron chi connectivity index (χ4n) is 1.25. The Hall–Kier alpha value is -0.950. The van der Waals surface area contributed by atoms with Gasteiger partial charge in [0.05, 0.1) is 12.5 Å². The number of ether oxygens (including phenoxy) is 1. The van der Waals surface area contributed by atoms with Gasteiger partial charge in [-0.25, -0.2) is 4.57 Å². The van der Waals surface area contributed by atoms with E-state index < -0.39 is 31.8 Å². The van der Waals surface area contributed by atoms with Gasteiger partial charge in [0.15, 0.2) is 0 Å². The molecule has 0 aromatic rings. The monoisotopic (exact) mass is 284 g/mol. The molecule has 106 valence electrons. The van der Waals surface area contributed by atoms with Gasteiger partial charge in [-0.2, -0.15) is 0 Å². The minimum atomic E-state index is -4.52. The van der Waals surface area contributed by atoms with Crippen LogP contribution in [0.2, 0.25) is 0 Å². The van der Waals surface area contributed by atoms with Gasteiger partial charge < -0.3 is 19.6 Å². The molecule has 9 heteroatoms. The SMILES string of the molecule is CC(=O)O[C@@H](CCCOP(=O)(O)O)[C@@H](C)C(=O)O. The van der Waals surface area contributed by atoms with Crippen LogP contribution in [-0.4, -0.2) is 39.5 Å². The van der Waals surface area contributed by atoms with Crippen molar-refractivity contribution in [2.24, 2.45) is 5.92 Å². The summed E-state index contributed by atoms with van der Waals surface area (Å²) in [7, 11) is -4.52. The molecule has 0 unspecified atom stereocenters. The molecule has 0 spiro atoms. The van der Waals surface area contributed by atoms with Crippen molar-refractivity contribution >= 4 is 19.8 Å². The molecule has 0 saturated heterocycles. The van der Waals surface area contributed by atoms with Crippen molar-refractivity contribution in [3.63, 3.8) is 0 Å². The zero-order valence-electron chi connectivity index (χ0n) is 10.1. The van der Waals surface area contributed by atoms with Crippen molar-refractivity contribution in [2.45, 2.75) is 32.8 Å². The predicted octanol–water partition coefficient (Wildman–Crippen LogP) is 0.528. The second-order valence-electron chi connectivity index (χ2n) is 3.74. The van der Waals surface area contributed by atoms with Crippen LogP contribution >= 0.6 is 7.82 Å². The smallest absolute Gasteiger partial charge is 0.469 e. The minimum absolute atomic E-state index is 0.146. The second kappa shape index (κ2) is 7.48. The average molecular weight is 284 g/mol. The largest absolute Gasteiger partial charge is 0.481 e. The van der Waals surface area contributed by atoms with Crippen molar-refractivity contribution in [2.75, 3.05) is 6.61 Å². The second-order valence-corrected chi connectivity index (χ2v) is 4.98. The van der Waals surface area contributed by atoms with E-state index in [1.807, 2.05) is 0 Å². The Morgan fingerprint density at radius 2 is 1.89 bits per heavy atom. The molecule has 8 nitrogen and oxygen atoms in total. The highest BCUT2D eigenvalue weighted by Gasteiger charge is 2.26. The lowest BCUT2D eigenvalue weighted by Gasteiger charge is -2.20. The van der Waals surface area contributed by atoms with Gasteiger partial charge in [-0.15, -0.1) is 0 Å². The first-order valence-corrected chi connectivity index (χ1v) is 6.76. The van der Waals surface area contributed by atoms with E-state index in [-0.39, 0.29) is 19.4 Å². The lowest BCUT2D eigenvalue weighted by Crippen LogP contribution is -2.30. The Bertz CT molecular complexity index is 335. The molecule has 0 amide bonds. The average Bonchev–Trinajstić information content (AvgIpc) is 2.19. The first-order chi connectivity index (χ1) is 8.13. The molecule has 0 rings (SSSR count). The van der Waals surface area contributed by atoms with Crippen LogP contribution in [-0.2, 0) is 23.4 Å². The Morgan fingerprint density at radius 1 is 1.33 bits per heavy atom. The van der Waals surface area contributed by atoms with Crippen LogP contribution in [0.5, 0.6) is 0 Å². The van der Waals surface area contributed by atoms with Crippen molar-refractivity contribution < 1.29 is 38.3 Å². The molecule has 0 fully saturated rings. The molecule has 0 bridgehead atoms. The first-order valence-electron chi connectivity index (χ1n) is 5.23. The van der Waals surface area contributed by atoms with Crippen LogP contribution < -0.4 is 0 Å². The van der Waals surface area contributed by atoms with Crippen molar-refractivity contribution in [1.82, 2.24) is 0 Å². The molecule has 0 aliphatic carbocycles. The van der Waals surface area contributed by atoms with Gasteiger partial charge in [0.25, 0.3) is 0 Å². The summed E-state index contributed by atoms with van der Waals surface area (Å²) in [4.78, 5) is 38.4. The van der Waals surface area contributed by atoms with Crippen LogP contribution in [0.15, 0.2) is 0 Å². The third-order valence-corrected chi connectivity index (χ3v) is 2.68. The van der Waals surface area contributed by atoms with E-state index >= 15 is 0 Å². The van der Waals surface area contributed by atoms with Crippen LogP contribution in [0.1, 0.15) is 26.7 Å². The summed E-state index contributed by atoms with van der Waals surface area (Å²) in [6.07, 6.45) is -0.534. The van der Waals surface area contributed by atoms with E-state index in [0.29, 0.717) is 0 Å². The van der Waals surface area contributed by atoms with E-state index in [1.165, 1.54) is 6.92 Å². The number of phosphoric acid groups is 1. The summed E-state index contributed by atoms with van der Waals surface area (Å²) in [6.45, 7) is 2.31. The topological polar surface area (TPSA) is 130 Å². The van der Waals surface area contributed by atoms with Gasteiger partial charge >= 0.3 is 19.8 Å². The third-order valence-electron chi connectivity index (χ3n) is 2.16. The highest BCUT2D eigenvalue weighted by Crippen LogP contribution is 2.35. The number of carboxylic acid groups (broad SMARTS) is 1. The summed E-state index contributed by atoms with van der Waals surface area (Å²) in [6, 6.07) is 0. The number of carboxylic acids is 1. The number of esters is 1. The van der Waals surface area contributed by atoms with Gasteiger partial charge in [-0.3, -0.25) is 14.1 Å². The first kappa shape index (κ1) is 17.1. The minimum Gasteiger partial charge on any atom is -0.481 e. The number of hydrogen-bond acceptors (Lipinski definition) is 5. The Labute approximate surface area is 104 Å². The number of carbonyl (C=O) groups excluding carboxylic acids is 1. The molecule has 3 N–H and O–H groups in total. The summed E-state index contributed by atoms with van der Waals surface area (Å²) in [5.41, 5.74) is 0. The van der Waals surface area contributed by atoms with Crippen molar-refractivity contribution in [3.05, 3.63) is 0 Å². The molecule has 18 heavy (non-hydrogen) atoms. The van der Waals surface area contributed by atoms with Gasteiger partial charge in [0.1, 0.15) is 6.10 Å². The van der Waals surface area contributed by atoms with Crippen LogP contribution in [0.4, 0.5) is 0 Å². The standard InChI is InChI=1S/C9H17O8P/c1-6(9(11)12)8(17-7(2)10)4-3-5-16-18(13,14)15/h6,8H,3-5H2,1-2H3,(H,11,12)(H2,13,14,15)/t6-,8+/m1/s1. The Morgan fingerprint density at radius 3 is 2.28 bits per heavy atom. The number of hydrogen-bond donors (Lipinski definition) is 3. The van der Waals surface area contributed by atoms with Gasteiger partial charge in [0, 0.05) is 6.92 Å². The quantitative estimate of drug-likeness (QED) is 0.334. The van der Waals surface area contributed by atoms with E-state index in [0.717, 1.165) is 6.92 Å². The van der Waals surface area contributed by atoms with E-state index in [9.17, 15) is 14.2 Å². The number of aliphatic carboxylic acids is 1. The summed E-state index contributed by atoms with van der Waals surface area (Å²) in [5.74, 6) is -2.62. The maximum atomic E-state index is 10.8. The number of phosphoric ester groups is 1. The van der Waals surface area contributed by atoms with E-state index in [1.54, 1.807) is 0 Å². The maximum Gasteiger partial charge on any atom is 0.469 e. The molecule has 0 radical (unpaired) electrons. The molecule has 0 aliphatic rings. The lowest BCUT2D eigenvalue weighted by molar-refractivity contribution is -0.156. The van der Waals surface area contributed by atoms with E-state index in [4.69, 9.17) is 19.6 Å². The summed E-state index contributed by atoms with van der Waals surface area (Å²) < 4.78 is 19.4. The van der Waals surface area contributed by atoms with Crippen molar-refractivity contribution in [1.29, 1.82) is 0 Å². The lowest BCUT2D eigenvalue weighted by atomic mass is 10.0. The number of carbonyl (C=O) groups is 2. The third kappa shape index (κ3) is 8.19. The normalized spacial score (nSPS) is 14.9. The molecule has 0 heterocycles. The highest BCUT2D eigenvalue weighted by atomic mass is 31.2. The molecule has 0 aromatic carbocycles. The predicted molar refractivity (Wildman–Crippen MR) is 59.6 cm³/mol. The maximum absolute atomic E-state index is 10.8. The number of rotatable bonds is 8. The van der Waals surface area contributed by atoms with Gasteiger partial charge in [-0.05, 0) is 19.8 Å². The van der Waals surface area contributed by atoms with Gasteiger partial charge in [0.2, 0.25) is 0 Å². The molecule has 0 aliphatic heterocycles. The fraction of sp³-hybridized carbons (Fsp3) is 0.778.